The minimum absolute atomic E-state index is 0.121. The number of hydrogen-bond donors (Lipinski definition) is 2. The first-order valence-electron chi connectivity index (χ1n) is 7.59. The van der Waals surface area contributed by atoms with Gasteiger partial charge in [-0.15, -0.1) is 0 Å². The highest BCUT2D eigenvalue weighted by Crippen LogP contribution is 2.33. The van der Waals surface area contributed by atoms with Gasteiger partial charge in [0.2, 0.25) is 0 Å². The van der Waals surface area contributed by atoms with Gasteiger partial charge in [0, 0.05) is 18.6 Å². The van der Waals surface area contributed by atoms with Gasteiger partial charge in [0.1, 0.15) is 0 Å². The number of carbonyl (C=O) groups excluding carboxylic acids is 1. The van der Waals surface area contributed by atoms with E-state index >= 15 is 0 Å². The van der Waals surface area contributed by atoms with Gasteiger partial charge in [-0.25, -0.2) is 9.52 Å². The van der Waals surface area contributed by atoms with Crippen LogP contribution in [0.5, 0.6) is 0 Å². The maximum atomic E-state index is 12.5. The van der Waals surface area contributed by atoms with Crippen molar-refractivity contribution in [2.45, 2.75) is 57.9 Å². The topological polar surface area (TPSA) is 102 Å². The Labute approximate surface area is 127 Å². The van der Waals surface area contributed by atoms with Gasteiger partial charge in [0.15, 0.2) is 0 Å². The van der Waals surface area contributed by atoms with Crippen molar-refractivity contribution < 1.29 is 17.9 Å². The van der Waals surface area contributed by atoms with Crippen molar-refractivity contribution in [2.24, 2.45) is 5.73 Å². The average molecular weight is 321 g/mol. The van der Waals surface area contributed by atoms with Crippen LogP contribution in [0.1, 0.15) is 52.4 Å². The molecule has 0 aliphatic heterocycles. The van der Waals surface area contributed by atoms with E-state index in [4.69, 9.17) is 5.73 Å². The molecule has 8 heteroatoms. The van der Waals surface area contributed by atoms with Crippen LogP contribution < -0.4 is 10.5 Å². The fourth-order valence-corrected chi connectivity index (χ4v) is 4.51. The molecule has 0 saturated heterocycles. The first kappa shape index (κ1) is 18.2. The van der Waals surface area contributed by atoms with E-state index in [9.17, 15) is 13.2 Å². The van der Waals surface area contributed by atoms with Crippen LogP contribution in [0.25, 0.3) is 0 Å². The van der Waals surface area contributed by atoms with Crippen molar-refractivity contribution in [3.05, 3.63) is 0 Å². The van der Waals surface area contributed by atoms with Crippen molar-refractivity contribution in [3.63, 3.8) is 0 Å². The van der Waals surface area contributed by atoms with Crippen LogP contribution >= 0.6 is 0 Å². The zero-order chi connectivity index (χ0) is 15.9. The molecule has 0 heterocycles. The average Bonchev–Trinajstić information content (AvgIpc) is 2.65. The molecular weight excluding hydrogens is 294 g/mol. The normalized spacial score (nSPS) is 19.0. The predicted molar refractivity (Wildman–Crippen MR) is 80.9 cm³/mol. The van der Waals surface area contributed by atoms with Crippen molar-refractivity contribution in [1.29, 1.82) is 0 Å². The van der Waals surface area contributed by atoms with Crippen LogP contribution in [0.2, 0.25) is 0 Å². The summed E-state index contributed by atoms with van der Waals surface area (Å²) in [6.45, 7) is 4.02. The zero-order valence-corrected chi connectivity index (χ0v) is 13.7. The summed E-state index contributed by atoms with van der Waals surface area (Å²) >= 11 is 0. The molecule has 0 atom stereocenters. The summed E-state index contributed by atoms with van der Waals surface area (Å²) < 4.78 is 32.9. The van der Waals surface area contributed by atoms with Gasteiger partial charge in [-0.3, -0.25) is 0 Å². The third-order valence-corrected chi connectivity index (χ3v) is 5.66. The van der Waals surface area contributed by atoms with E-state index in [-0.39, 0.29) is 19.7 Å². The van der Waals surface area contributed by atoms with Gasteiger partial charge in [-0.05, 0) is 19.8 Å². The monoisotopic (exact) mass is 321 g/mol. The molecule has 21 heavy (non-hydrogen) atoms. The highest BCUT2D eigenvalue weighted by molar-refractivity contribution is 7.87. The number of ether oxygens (including phenoxy) is 1. The van der Waals surface area contributed by atoms with Crippen LogP contribution in [0.15, 0.2) is 0 Å². The number of hydrogen-bond acceptors (Lipinski definition) is 5. The molecule has 0 spiro atoms. The van der Waals surface area contributed by atoms with E-state index in [1.165, 1.54) is 4.31 Å². The van der Waals surface area contributed by atoms with Gasteiger partial charge < -0.3 is 10.5 Å². The van der Waals surface area contributed by atoms with Crippen LogP contribution in [0.4, 0.5) is 4.79 Å². The highest BCUT2D eigenvalue weighted by atomic mass is 32.2. The summed E-state index contributed by atoms with van der Waals surface area (Å²) in [5.74, 6) is 0. The maximum absolute atomic E-state index is 12.5. The smallest absolute Gasteiger partial charge is 0.421 e. The van der Waals surface area contributed by atoms with E-state index in [2.05, 4.69) is 4.74 Å². The Balaban J connectivity index is 2.99. The Bertz CT molecular complexity index is 431. The lowest BCUT2D eigenvalue weighted by Gasteiger charge is -2.41. The molecule has 1 aliphatic carbocycles. The van der Waals surface area contributed by atoms with Gasteiger partial charge in [0.05, 0.1) is 6.61 Å². The molecule has 7 nitrogen and oxygen atoms in total. The number of likely N-dealkylation sites (N-methyl/N-ethyl adjacent to an activating group) is 1. The second kappa shape index (κ2) is 7.95. The summed E-state index contributed by atoms with van der Waals surface area (Å²) in [5.41, 5.74) is 5.31. The third-order valence-electron chi connectivity index (χ3n) is 4.01. The molecule has 0 bridgehead atoms. The summed E-state index contributed by atoms with van der Waals surface area (Å²) in [7, 11) is -3.95. The van der Waals surface area contributed by atoms with Gasteiger partial charge >= 0.3 is 16.3 Å². The van der Waals surface area contributed by atoms with Crippen molar-refractivity contribution in [2.75, 3.05) is 19.7 Å². The van der Waals surface area contributed by atoms with Crippen LogP contribution in [-0.4, -0.2) is 44.1 Å². The van der Waals surface area contributed by atoms with Gasteiger partial charge in [-0.2, -0.15) is 12.7 Å². The van der Waals surface area contributed by atoms with E-state index in [1.54, 1.807) is 13.8 Å². The zero-order valence-electron chi connectivity index (χ0n) is 12.9. The summed E-state index contributed by atoms with van der Waals surface area (Å²) in [6, 6.07) is 0. The first-order valence-corrected chi connectivity index (χ1v) is 9.03. The number of amides is 1. The quantitative estimate of drug-likeness (QED) is 0.719. The number of carbonyl (C=O) groups is 1. The predicted octanol–water partition coefficient (Wildman–Crippen LogP) is 1.35. The summed E-state index contributed by atoms with van der Waals surface area (Å²) in [5, 5.41) is 0. The number of rotatable bonds is 6. The highest BCUT2D eigenvalue weighted by Gasteiger charge is 2.42. The molecule has 3 N–H and O–H groups in total. The Morgan fingerprint density at radius 1 is 1.24 bits per heavy atom. The van der Waals surface area contributed by atoms with Crippen LogP contribution in [0, 0.1) is 0 Å². The molecular formula is C13H27N3O4S. The number of nitrogens with zero attached hydrogens (tertiary/aromatic N) is 1. The van der Waals surface area contributed by atoms with E-state index < -0.39 is 21.8 Å². The minimum Gasteiger partial charge on any atom is -0.449 e. The molecule has 0 radical (unpaired) electrons. The van der Waals surface area contributed by atoms with Crippen LogP contribution in [-0.2, 0) is 14.9 Å². The molecule has 1 saturated carbocycles. The number of nitrogens with one attached hydrogen (secondary N) is 1. The molecule has 0 aromatic heterocycles. The van der Waals surface area contributed by atoms with Crippen molar-refractivity contribution in [3.8, 4) is 0 Å². The molecule has 1 rings (SSSR count). The van der Waals surface area contributed by atoms with Crippen molar-refractivity contribution >= 4 is 16.3 Å². The summed E-state index contributed by atoms with van der Waals surface area (Å²) in [4.78, 5) is 11.5. The van der Waals surface area contributed by atoms with Gasteiger partial charge in [-0.1, -0.05) is 32.6 Å². The Morgan fingerprint density at radius 2 is 1.81 bits per heavy atom. The molecule has 0 aromatic rings. The molecule has 1 amide bonds. The van der Waals surface area contributed by atoms with E-state index in [0.717, 1.165) is 38.5 Å². The van der Waals surface area contributed by atoms with Crippen molar-refractivity contribution in [1.82, 2.24) is 9.03 Å². The second-order valence-electron chi connectivity index (χ2n) is 5.34. The Hall–Kier alpha value is -0.860. The molecule has 124 valence electrons. The summed E-state index contributed by atoms with van der Waals surface area (Å²) in [6.07, 6.45) is 4.57. The van der Waals surface area contributed by atoms with Crippen LogP contribution in [0.3, 0.4) is 0 Å². The molecule has 0 aromatic carbocycles. The largest absolute Gasteiger partial charge is 0.449 e. The Kier molecular flexibility index (Phi) is 6.89. The number of nitrogens with two attached hydrogens (primary N) is 1. The minimum atomic E-state index is -3.95. The van der Waals surface area contributed by atoms with Gasteiger partial charge in [0.25, 0.3) is 0 Å². The SMILES string of the molecule is CCOC(=O)NS(=O)(=O)N(CC)C1(CN)CCCCCC1. The fourth-order valence-electron chi connectivity index (χ4n) is 3.02. The lowest BCUT2D eigenvalue weighted by Crippen LogP contribution is -2.59. The molecule has 1 aliphatic rings. The third kappa shape index (κ3) is 4.55. The van der Waals surface area contributed by atoms with E-state index in [1.807, 2.05) is 4.72 Å². The Morgan fingerprint density at radius 3 is 2.24 bits per heavy atom. The lowest BCUT2D eigenvalue weighted by atomic mass is 9.90. The maximum Gasteiger partial charge on any atom is 0.421 e. The second-order valence-corrected chi connectivity index (χ2v) is 6.93. The molecule has 0 unspecified atom stereocenters. The first-order chi connectivity index (χ1) is 9.91. The molecule has 1 fully saturated rings. The fraction of sp³-hybridized carbons (Fsp3) is 0.923. The van der Waals surface area contributed by atoms with E-state index in [0.29, 0.717) is 0 Å². The standard InChI is InChI=1S/C13H27N3O4S/c1-3-16(21(18,19)15-12(17)20-4-2)13(11-14)9-7-5-6-8-10-13/h3-11,14H2,1-2H3,(H,15,17). The lowest BCUT2D eigenvalue weighted by molar-refractivity contribution is 0.152.